The standard InChI is InChI=1S/C16H13ClFN3/c17-13-8-10(19)2-5-12(13)16-20-14-6-1-9(18)7-15(14)21(16)11-3-4-11/h1-2,5-8,11H,3-4,19H2. The highest BCUT2D eigenvalue weighted by Crippen LogP contribution is 2.42. The minimum Gasteiger partial charge on any atom is -0.399 e. The number of nitrogens with zero attached hydrogens (tertiary/aromatic N) is 2. The van der Waals surface area contributed by atoms with Crippen molar-refractivity contribution in [2.75, 3.05) is 5.73 Å². The fraction of sp³-hybridized carbons (Fsp3) is 0.188. The molecule has 1 aliphatic rings. The highest BCUT2D eigenvalue weighted by molar-refractivity contribution is 6.33. The monoisotopic (exact) mass is 301 g/mol. The van der Waals surface area contributed by atoms with Gasteiger partial charge in [0.2, 0.25) is 0 Å². The molecule has 2 N–H and O–H groups in total. The lowest BCUT2D eigenvalue weighted by molar-refractivity contribution is 0.628. The molecule has 1 aliphatic carbocycles. The number of benzene rings is 2. The van der Waals surface area contributed by atoms with Gasteiger partial charge in [0.25, 0.3) is 0 Å². The highest BCUT2D eigenvalue weighted by atomic mass is 35.5. The SMILES string of the molecule is Nc1ccc(-c2nc3ccc(F)cc3n2C2CC2)c(Cl)c1. The van der Waals surface area contributed by atoms with Crippen LogP contribution < -0.4 is 5.73 Å². The molecule has 1 aromatic heterocycles. The van der Waals surface area contributed by atoms with Crippen LogP contribution in [-0.4, -0.2) is 9.55 Å². The predicted octanol–water partition coefficient (Wildman–Crippen LogP) is 4.41. The Morgan fingerprint density at radius 3 is 2.71 bits per heavy atom. The van der Waals surface area contributed by atoms with Crippen LogP contribution in [0.15, 0.2) is 36.4 Å². The topological polar surface area (TPSA) is 43.8 Å². The first-order valence-electron chi connectivity index (χ1n) is 6.86. The molecule has 0 atom stereocenters. The molecular formula is C16H13ClFN3. The summed E-state index contributed by atoms with van der Waals surface area (Å²) in [5, 5.41) is 0.563. The Morgan fingerprint density at radius 2 is 2.00 bits per heavy atom. The fourth-order valence-corrected chi connectivity index (χ4v) is 2.94. The summed E-state index contributed by atoms with van der Waals surface area (Å²) in [6, 6.07) is 10.4. The Hall–Kier alpha value is -2.07. The van der Waals surface area contributed by atoms with Crippen molar-refractivity contribution in [3.63, 3.8) is 0 Å². The van der Waals surface area contributed by atoms with Crippen LogP contribution in [0.5, 0.6) is 0 Å². The second kappa shape index (κ2) is 4.46. The maximum atomic E-state index is 13.6. The molecular weight excluding hydrogens is 289 g/mol. The highest BCUT2D eigenvalue weighted by Gasteiger charge is 2.29. The van der Waals surface area contributed by atoms with Gasteiger partial charge in [0.05, 0.1) is 16.1 Å². The van der Waals surface area contributed by atoms with Crippen molar-refractivity contribution in [2.24, 2.45) is 0 Å². The minimum absolute atomic E-state index is 0.251. The lowest BCUT2D eigenvalue weighted by atomic mass is 10.2. The van der Waals surface area contributed by atoms with Crippen LogP contribution >= 0.6 is 11.6 Å². The van der Waals surface area contributed by atoms with Crippen molar-refractivity contribution >= 4 is 28.3 Å². The number of rotatable bonds is 2. The molecule has 21 heavy (non-hydrogen) atoms. The van der Waals surface area contributed by atoms with Gasteiger partial charge in [-0.1, -0.05) is 11.6 Å². The lowest BCUT2D eigenvalue weighted by Crippen LogP contribution is -1.98. The van der Waals surface area contributed by atoms with Crippen molar-refractivity contribution in [1.29, 1.82) is 0 Å². The summed E-state index contributed by atoms with van der Waals surface area (Å²) < 4.78 is 15.7. The molecule has 2 aromatic carbocycles. The van der Waals surface area contributed by atoms with E-state index in [9.17, 15) is 4.39 Å². The molecule has 1 heterocycles. The van der Waals surface area contributed by atoms with Crippen LogP contribution in [-0.2, 0) is 0 Å². The predicted molar refractivity (Wildman–Crippen MR) is 82.8 cm³/mol. The first-order valence-corrected chi connectivity index (χ1v) is 7.24. The third-order valence-corrected chi connectivity index (χ3v) is 4.11. The van der Waals surface area contributed by atoms with Crippen molar-refractivity contribution < 1.29 is 4.39 Å². The second-order valence-electron chi connectivity index (χ2n) is 5.41. The Morgan fingerprint density at radius 1 is 1.19 bits per heavy atom. The maximum Gasteiger partial charge on any atom is 0.142 e. The van der Waals surface area contributed by atoms with Gasteiger partial charge in [0.15, 0.2) is 0 Å². The number of nitrogen functional groups attached to an aromatic ring is 1. The number of hydrogen-bond acceptors (Lipinski definition) is 2. The third kappa shape index (κ3) is 2.07. The van der Waals surface area contributed by atoms with E-state index in [4.69, 9.17) is 17.3 Å². The van der Waals surface area contributed by atoms with Gasteiger partial charge in [-0.3, -0.25) is 0 Å². The van der Waals surface area contributed by atoms with Crippen molar-refractivity contribution in [3.05, 3.63) is 47.2 Å². The molecule has 0 bridgehead atoms. The minimum atomic E-state index is -0.251. The number of hydrogen-bond donors (Lipinski definition) is 1. The molecule has 0 amide bonds. The van der Waals surface area contributed by atoms with E-state index in [1.165, 1.54) is 12.1 Å². The zero-order valence-corrected chi connectivity index (χ0v) is 11.9. The number of imidazole rings is 1. The number of fused-ring (bicyclic) bond motifs is 1. The van der Waals surface area contributed by atoms with Crippen LogP contribution in [0, 0.1) is 5.82 Å². The van der Waals surface area contributed by atoms with Gasteiger partial charge in [-0.15, -0.1) is 0 Å². The van der Waals surface area contributed by atoms with Crippen LogP contribution in [0.25, 0.3) is 22.4 Å². The van der Waals surface area contributed by atoms with E-state index >= 15 is 0 Å². The van der Waals surface area contributed by atoms with E-state index in [0.717, 1.165) is 35.3 Å². The van der Waals surface area contributed by atoms with Crippen LogP contribution in [0.1, 0.15) is 18.9 Å². The Labute approximate surface area is 126 Å². The summed E-state index contributed by atoms with van der Waals surface area (Å²) in [6.07, 6.45) is 2.17. The first kappa shape index (κ1) is 12.7. The lowest BCUT2D eigenvalue weighted by Gasteiger charge is -2.09. The number of halogens is 2. The zero-order chi connectivity index (χ0) is 14.6. The molecule has 5 heteroatoms. The zero-order valence-electron chi connectivity index (χ0n) is 11.2. The quantitative estimate of drug-likeness (QED) is 0.712. The van der Waals surface area contributed by atoms with Gasteiger partial charge in [-0.05, 0) is 49.2 Å². The van der Waals surface area contributed by atoms with Crippen LogP contribution in [0.3, 0.4) is 0 Å². The first-order chi connectivity index (χ1) is 10.1. The molecule has 3 nitrogen and oxygen atoms in total. The fourth-order valence-electron chi connectivity index (χ4n) is 2.67. The van der Waals surface area contributed by atoms with Gasteiger partial charge >= 0.3 is 0 Å². The summed E-state index contributed by atoms with van der Waals surface area (Å²) in [6.45, 7) is 0. The molecule has 0 radical (unpaired) electrons. The molecule has 0 unspecified atom stereocenters. The number of aromatic nitrogens is 2. The van der Waals surface area contributed by atoms with Crippen molar-refractivity contribution in [2.45, 2.75) is 18.9 Å². The summed E-state index contributed by atoms with van der Waals surface area (Å²) in [4.78, 5) is 4.65. The smallest absolute Gasteiger partial charge is 0.142 e. The van der Waals surface area contributed by atoms with E-state index < -0.39 is 0 Å². The molecule has 1 saturated carbocycles. The van der Waals surface area contributed by atoms with Gasteiger partial charge in [-0.25, -0.2) is 9.37 Å². The van der Waals surface area contributed by atoms with Gasteiger partial charge in [0, 0.05) is 17.3 Å². The normalized spacial score (nSPS) is 14.8. The maximum absolute atomic E-state index is 13.6. The Balaban J connectivity index is 2.01. The molecule has 106 valence electrons. The largest absolute Gasteiger partial charge is 0.399 e. The van der Waals surface area contributed by atoms with E-state index in [0.29, 0.717) is 16.8 Å². The third-order valence-electron chi connectivity index (χ3n) is 3.80. The summed E-state index contributed by atoms with van der Waals surface area (Å²) in [7, 11) is 0. The van der Waals surface area contributed by atoms with E-state index in [1.54, 1.807) is 18.2 Å². The van der Waals surface area contributed by atoms with Crippen molar-refractivity contribution in [3.8, 4) is 11.4 Å². The molecule has 4 rings (SSSR count). The van der Waals surface area contributed by atoms with E-state index in [-0.39, 0.29) is 5.82 Å². The van der Waals surface area contributed by atoms with Crippen LogP contribution in [0.2, 0.25) is 5.02 Å². The number of anilines is 1. The number of nitrogens with two attached hydrogens (primary N) is 1. The van der Waals surface area contributed by atoms with Gasteiger partial charge in [-0.2, -0.15) is 0 Å². The van der Waals surface area contributed by atoms with Crippen molar-refractivity contribution in [1.82, 2.24) is 9.55 Å². The van der Waals surface area contributed by atoms with E-state index in [2.05, 4.69) is 9.55 Å². The molecule has 0 saturated heterocycles. The van der Waals surface area contributed by atoms with E-state index in [1.807, 2.05) is 6.07 Å². The summed E-state index contributed by atoms with van der Waals surface area (Å²) in [5.74, 6) is 0.530. The summed E-state index contributed by atoms with van der Waals surface area (Å²) in [5.41, 5.74) is 8.80. The second-order valence-corrected chi connectivity index (χ2v) is 5.82. The molecule has 1 fully saturated rings. The Bertz CT molecular complexity index is 852. The average molecular weight is 302 g/mol. The Kier molecular flexibility index (Phi) is 2.69. The van der Waals surface area contributed by atoms with Crippen LogP contribution in [0.4, 0.5) is 10.1 Å². The molecule has 0 spiro atoms. The van der Waals surface area contributed by atoms with Gasteiger partial charge in [0.1, 0.15) is 11.6 Å². The average Bonchev–Trinajstić information content (AvgIpc) is 3.20. The van der Waals surface area contributed by atoms with Gasteiger partial charge < -0.3 is 10.3 Å². The summed E-state index contributed by atoms with van der Waals surface area (Å²) >= 11 is 6.31. The molecule has 3 aromatic rings. The molecule has 0 aliphatic heterocycles.